The minimum Gasteiger partial charge on any atom is -0.491 e. The van der Waals surface area contributed by atoms with Crippen molar-refractivity contribution in [1.29, 1.82) is 0 Å². The van der Waals surface area contributed by atoms with Crippen LogP contribution in [0.4, 0.5) is 0 Å². The maximum Gasteiger partial charge on any atom is 0.163 e. The number of rotatable bonds is 3. The van der Waals surface area contributed by atoms with Crippen LogP contribution >= 0.6 is 0 Å². The first-order chi connectivity index (χ1) is 7.16. The molecule has 0 spiro atoms. The van der Waals surface area contributed by atoms with E-state index in [0.717, 1.165) is 5.75 Å². The minimum absolute atomic E-state index is 0.0141. The summed E-state index contributed by atoms with van der Waals surface area (Å²) in [5.74, 6) is 0.336. The number of ether oxygens (including phenoxy) is 3. The van der Waals surface area contributed by atoms with E-state index < -0.39 is 5.79 Å². The standard InChI is InChI=1S/C12H15O3/c1-12(2)14-9-11(15-12)8-13-10-6-4-3-5-7-10/h3-4,6-7,11H,8-9H2,1-2H3. The summed E-state index contributed by atoms with van der Waals surface area (Å²) in [6.07, 6.45) is 0.0141. The smallest absolute Gasteiger partial charge is 0.163 e. The molecule has 1 aromatic rings. The van der Waals surface area contributed by atoms with Crippen LogP contribution in [0.25, 0.3) is 0 Å². The van der Waals surface area contributed by atoms with Crippen molar-refractivity contribution in [3.8, 4) is 5.75 Å². The van der Waals surface area contributed by atoms with E-state index in [1.54, 1.807) is 6.07 Å². The highest BCUT2D eigenvalue weighted by Gasteiger charge is 2.32. The zero-order valence-electron chi connectivity index (χ0n) is 9.03. The maximum absolute atomic E-state index is 5.61. The fourth-order valence-corrected chi connectivity index (χ4v) is 1.50. The van der Waals surface area contributed by atoms with E-state index in [1.165, 1.54) is 0 Å². The van der Waals surface area contributed by atoms with Gasteiger partial charge in [0.05, 0.1) is 6.61 Å². The Bertz CT molecular complexity index is 308. The van der Waals surface area contributed by atoms with Crippen LogP contribution in [0.2, 0.25) is 0 Å². The Hall–Kier alpha value is -1.06. The Morgan fingerprint density at radius 3 is 3.07 bits per heavy atom. The largest absolute Gasteiger partial charge is 0.491 e. The normalized spacial score (nSPS) is 24.0. The van der Waals surface area contributed by atoms with E-state index >= 15 is 0 Å². The van der Waals surface area contributed by atoms with Crippen LogP contribution in [-0.4, -0.2) is 25.1 Å². The Kier molecular flexibility index (Phi) is 2.93. The molecule has 1 atom stereocenters. The van der Waals surface area contributed by atoms with Gasteiger partial charge in [-0.05, 0) is 32.0 Å². The van der Waals surface area contributed by atoms with Crippen LogP contribution < -0.4 is 4.74 Å². The number of benzene rings is 1. The highest BCUT2D eigenvalue weighted by molar-refractivity contribution is 5.20. The number of hydrogen-bond donors (Lipinski definition) is 0. The summed E-state index contributed by atoms with van der Waals surface area (Å²) >= 11 is 0. The average molecular weight is 207 g/mol. The molecule has 0 aliphatic carbocycles. The van der Waals surface area contributed by atoms with Crippen molar-refractivity contribution in [1.82, 2.24) is 0 Å². The zero-order valence-corrected chi connectivity index (χ0v) is 9.03. The van der Waals surface area contributed by atoms with Gasteiger partial charge in [-0.2, -0.15) is 0 Å². The quantitative estimate of drug-likeness (QED) is 0.759. The highest BCUT2D eigenvalue weighted by Crippen LogP contribution is 2.22. The van der Waals surface area contributed by atoms with Crippen molar-refractivity contribution >= 4 is 0 Å². The second-order valence-corrected chi connectivity index (χ2v) is 4.00. The predicted molar refractivity (Wildman–Crippen MR) is 55.7 cm³/mol. The molecule has 0 saturated carbocycles. The molecule has 81 valence electrons. The molecule has 1 heterocycles. The Morgan fingerprint density at radius 2 is 2.47 bits per heavy atom. The first-order valence-corrected chi connectivity index (χ1v) is 5.06. The Labute approximate surface area is 90.0 Å². The lowest BCUT2D eigenvalue weighted by molar-refractivity contribution is -0.141. The molecule has 1 radical (unpaired) electrons. The second kappa shape index (κ2) is 4.21. The van der Waals surface area contributed by atoms with Gasteiger partial charge < -0.3 is 14.2 Å². The molecule has 0 N–H and O–H groups in total. The molecule has 2 rings (SSSR count). The van der Waals surface area contributed by atoms with Gasteiger partial charge in [0.1, 0.15) is 18.5 Å². The van der Waals surface area contributed by atoms with Crippen molar-refractivity contribution in [2.75, 3.05) is 13.2 Å². The maximum atomic E-state index is 5.61. The lowest BCUT2D eigenvalue weighted by Gasteiger charge is -2.17. The highest BCUT2D eigenvalue weighted by atomic mass is 16.7. The lowest BCUT2D eigenvalue weighted by atomic mass is 10.3. The van der Waals surface area contributed by atoms with Gasteiger partial charge in [0.15, 0.2) is 5.79 Å². The minimum atomic E-state index is -0.475. The fourth-order valence-electron chi connectivity index (χ4n) is 1.50. The van der Waals surface area contributed by atoms with Gasteiger partial charge >= 0.3 is 0 Å². The van der Waals surface area contributed by atoms with Gasteiger partial charge in [-0.3, -0.25) is 0 Å². The van der Waals surface area contributed by atoms with E-state index in [9.17, 15) is 0 Å². The summed E-state index contributed by atoms with van der Waals surface area (Å²) in [7, 11) is 0. The van der Waals surface area contributed by atoms with Crippen LogP contribution in [0.1, 0.15) is 13.8 Å². The molecule has 0 amide bonds. The van der Waals surface area contributed by atoms with Crippen molar-refractivity contribution in [2.45, 2.75) is 25.7 Å². The molecule has 1 fully saturated rings. The molecule has 3 nitrogen and oxygen atoms in total. The third kappa shape index (κ3) is 2.94. The monoisotopic (exact) mass is 207 g/mol. The van der Waals surface area contributed by atoms with Gasteiger partial charge in [0, 0.05) is 0 Å². The third-order valence-electron chi connectivity index (χ3n) is 2.18. The van der Waals surface area contributed by atoms with E-state index in [0.29, 0.717) is 13.2 Å². The van der Waals surface area contributed by atoms with Crippen LogP contribution in [0.15, 0.2) is 24.3 Å². The molecule has 1 aliphatic rings. The molecule has 1 aromatic carbocycles. The zero-order chi connectivity index (χ0) is 10.7. The fraction of sp³-hybridized carbons (Fsp3) is 0.500. The molecular formula is C12H15O3. The SMILES string of the molecule is CC1(C)OCC(COc2c[c]ccc2)O1. The van der Waals surface area contributed by atoms with Gasteiger partial charge in [-0.1, -0.05) is 12.1 Å². The first-order valence-electron chi connectivity index (χ1n) is 5.06. The summed E-state index contributed by atoms with van der Waals surface area (Å²) in [6, 6.07) is 10.4. The van der Waals surface area contributed by atoms with Crippen molar-refractivity contribution < 1.29 is 14.2 Å². The Balaban J connectivity index is 1.80. The molecule has 0 aromatic heterocycles. The molecule has 1 aliphatic heterocycles. The molecule has 15 heavy (non-hydrogen) atoms. The van der Waals surface area contributed by atoms with Crippen LogP contribution in [0.3, 0.4) is 0 Å². The van der Waals surface area contributed by atoms with E-state index in [2.05, 4.69) is 6.07 Å². The molecule has 3 heteroatoms. The first kappa shape index (κ1) is 10.5. The van der Waals surface area contributed by atoms with Crippen molar-refractivity contribution in [3.63, 3.8) is 0 Å². The van der Waals surface area contributed by atoms with Crippen LogP contribution in [0.5, 0.6) is 5.75 Å². The Morgan fingerprint density at radius 1 is 1.60 bits per heavy atom. The molecule has 1 saturated heterocycles. The van der Waals surface area contributed by atoms with E-state index in [1.807, 2.05) is 32.0 Å². The van der Waals surface area contributed by atoms with Gasteiger partial charge in [0.2, 0.25) is 0 Å². The lowest BCUT2D eigenvalue weighted by Crippen LogP contribution is -2.25. The molecular weight excluding hydrogens is 192 g/mol. The summed E-state index contributed by atoms with van der Waals surface area (Å²) in [5, 5.41) is 0. The van der Waals surface area contributed by atoms with Gasteiger partial charge in [0.25, 0.3) is 0 Å². The van der Waals surface area contributed by atoms with Crippen LogP contribution in [0, 0.1) is 6.07 Å². The molecule has 0 bridgehead atoms. The second-order valence-electron chi connectivity index (χ2n) is 4.00. The van der Waals surface area contributed by atoms with E-state index in [4.69, 9.17) is 14.2 Å². The third-order valence-corrected chi connectivity index (χ3v) is 2.18. The molecule has 1 unspecified atom stereocenters. The average Bonchev–Trinajstić information content (AvgIpc) is 2.57. The summed E-state index contributed by atoms with van der Waals surface area (Å²) < 4.78 is 16.6. The summed E-state index contributed by atoms with van der Waals surface area (Å²) in [4.78, 5) is 0. The van der Waals surface area contributed by atoms with Crippen molar-refractivity contribution in [3.05, 3.63) is 30.3 Å². The van der Waals surface area contributed by atoms with Crippen molar-refractivity contribution in [2.24, 2.45) is 0 Å². The summed E-state index contributed by atoms with van der Waals surface area (Å²) in [5.41, 5.74) is 0. The van der Waals surface area contributed by atoms with Gasteiger partial charge in [-0.15, -0.1) is 0 Å². The number of hydrogen-bond acceptors (Lipinski definition) is 3. The van der Waals surface area contributed by atoms with E-state index in [-0.39, 0.29) is 6.10 Å². The predicted octanol–water partition coefficient (Wildman–Crippen LogP) is 2.02. The topological polar surface area (TPSA) is 27.7 Å². The van der Waals surface area contributed by atoms with Gasteiger partial charge in [-0.25, -0.2) is 0 Å². The summed E-state index contributed by atoms with van der Waals surface area (Å²) in [6.45, 7) is 4.91. The van der Waals surface area contributed by atoms with Crippen LogP contribution in [-0.2, 0) is 9.47 Å².